The lowest BCUT2D eigenvalue weighted by Crippen LogP contribution is -2.28. The van der Waals surface area contributed by atoms with E-state index in [0.29, 0.717) is 13.2 Å². The summed E-state index contributed by atoms with van der Waals surface area (Å²) >= 11 is 0. The summed E-state index contributed by atoms with van der Waals surface area (Å²) in [6.07, 6.45) is 1.56. The fraction of sp³-hybridized carbons (Fsp3) is 0.208. The second-order valence-electron chi connectivity index (χ2n) is 6.99. The van der Waals surface area contributed by atoms with Crippen LogP contribution in [0.1, 0.15) is 12.8 Å². The second kappa shape index (κ2) is 9.26. The third kappa shape index (κ3) is 5.15. The zero-order chi connectivity index (χ0) is 19.9. The highest BCUT2D eigenvalue weighted by Crippen LogP contribution is 2.31. The first kappa shape index (κ1) is 19.0. The Morgan fingerprint density at radius 1 is 0.828 bits per heavy atom. The molecule has 3 aromatic rings. The minimum atomic E-state index is 0.0311. The topological polar surface area (TPSA) is 59.6 Å². The van der Waals surface area contributed by atoms with Crippen LogP contribution in [0.25, 0.3) is 0 Å². The SMILES string of the molecule is O=C(Nc1ccc(Nc2ccccc2Oc2ccccc2)cc1)C1CCOCC1. The van der Waals surface area contributed by atoms with Gasteiger partial charge in [-0.1, -0.05) is 30.3 Å². The molecule has 0 atom stereocenters. The highest BCUT2D eigenvalue weighted by molar-refractivity contribution is 5.92. The van der Waals surface area contributed by atoms with Gasteiger partial charge in [0, 0.05) is 30.5 Å². The molecule has 0 saturated carbocycles. The summed E-state index contributed by atoms with van der Waals surface area (Å²) in [4.78, 5) is 12.4. The van der Waals surface area contributed by atoms with Crippen LogP contribution in [0.3, 0.4) is 0 Å². The number of amides is 1. The lowest BCUT2D eigenvalue weighted by Gasteiger charge is -2.21. The van der Waals surface area contributed by atoms with Crippen LogP contribution in [0.5, 0.6) is 11.5 Å². The minimum Gasteiger partial charge on any atom is -0.455 e. The smallest absolute Gasteiger partial charge is 0.227 e. The molecule has 0 radical (unpaired) electrons. The van der Waals surface area contributed by atoms with Crippen molar-refractivity contribution in [1.82, 2.24) is 0 Å². The molecule has 148 valence electrons. The van der Waals surface area contributed by atoms with Gasteiger partial charge in [0.25, 0.3) is 0 Å². The first-order chi connectivity index (χ1) is 14.3. The lowest BCUT2D eigenvalue weighted by atomic mass is 9.99. The van der Waals surface area contributed by atoms with Crippen molar-refractivity contribution in [2.75, 3.05) is 23.8 Å². The van der Waals surface area contributed by atoms with E-state index in [9.17, 15) is 4.79 Å². The molecule has 4 rings (SSSR count). The van der Waals surface area contributed by atoms with Crippen molar-refractivity contribution in [3.8, 4) is 11.5 Å². The van der Waals surface area contributed by atoms with Gasteiger partial charge >= 0.3 is 0 Å². The maximum Gasteiger partial charge on any atom is 0.227 e. The molecule has 1 fully saturated rings. The van der Waals surface area contributed by atoms with Crippen molar-refractivity contribution in [2.24, 2.45) is 5.92 Å². The quantitative estimate of drug-likeness (QED) is 0.578. The van der Waals surface area contributed by atoms with Crippen LogP contribution in [-0.4, -0.2) is 19.1 Å². The molecular weight excluding hydrogens is 364 g/mol. The molecule has 0 aliphatic carbocycles. The zero-order valence-electron chi connectivity index (χ0n) is 16.1. The lowest BCUT2D eigenvalue weighted by molar-refractivity contribution is -0.122. The van der Waals surface area contributed by atoms with Gasteiger partial charge in [-0.25, -0.2) is 0 Å². The number of anilines is 3. The maximum atomic E-state index is 12.4. The average molecular weight is 388 g/mol. The Balaban J connectivity index is 1.41. The predicted molar refractivity (Wildman–Crippen MR) is 115 cm³/mol. The van der Waals surface area contributed by atoms with Crippen molar-refractivity contribution in [2.45, 2.75) is 12.8 Å². The van der Waals surface area contributed by atoms with Gasteiger partial charge in [0.1, 0.15) is 5.75 Å². The molecule has 1 aliphatic rings. The van der Waals surface area contributed by atoms with E-state index >= 15 is 0 Å². The molecule has 2 N–H and O–H groups in total. The summed E-state index contributed by atoms with van der Waals surface area (Å²) in [7, 11) is 0. The molecule has 0 unspecified atom stereocenters. The van der Waals surface area contributed by atoms with Crippen molar-refractivity contribution in [3.05, 3.63) is 78.9 Å². The molecule has 1 saturated heterocycles. The third-order valence-corrected chi connectivity index (χ3v) is 4.88. The molecular formula is C24H24N2O3. The number of carbonyl (C=O) groups is 1. The molecule has 1 heterocycles. The molecule has 29 heavy (non-hydrogen) atoms. The van der Waals surface area contributed by atoms with Crippen LogP contribution in [0, 0.1) is 5.92 Å². The summed E-state index contributed by atoms with van der Waals surface area (Å²) in [5.74, 6) is 1.63. The van der Waals surface area contributed by atoms with Gasteiger partial charge in [-0.3, -0.25) is 4.79 Å². The van der Waals surface area contributed by atoms with E-state index in [2.05, 4.69) is 10.6 Å². The monoisotopic (exact) mass is 388 g/mol. The van der Waals surface area contributed by atoms with Crippen molar-refractivity contribution in [3.63, 3.8) is 0 Å². The number of benzene rings is 3. The summed E-state index contributed by atoms with van der Waals surface area (Å²) in [5, 5.41) is 6.38. The van der Waals surface area contributed by atoms with Crippen LogP contribution < -0.4 is 15.4 Å². The van der Waals surface area contributed by atoms with Gasteiger partial charge in [0.05, 0.1) is 5.69 Å². The van der Waals surface area contributed by atoms with E-state index in [-0.39, 0.29) is 11.8 Å². The molecule has 0 aromatic heterocycles. The number of hydrogen-bond donors (Lipinski definition) is 2. The van der Waals surface area contributed by atoms with Crippen LogP contribution in [0.2, 0.25) is 0 Å². The number of carbonyl (C=O) groups excluding carboxylic acids is 1. The second-order valence-corrected chi connectivity index (χ2v) is 6.99. The van der Waals surface area contributed by atoms with Crippen LogP contribution >= 0.6 is 0 Å². The number of nitrogens with one attached hydrogen (secondary N) is 2. The fourth-order valence-corrected chi connectivity index (χ4v) is 3.27. The van der Waals surface area contributed by atoms with Gasteiger partial charge in [-0.05, 0) is 61.4 Å². The van der Waals surface area contributed by atoms with Crippen molar-refractivity contribution < 1.29 is 14.3 Å². The van der Waals surface area contributed by atoms with Crippen LogP contribution in [0.4, 0.5) is 17.1 Å². The molecule has 0 spiro atoms. The minimum absolute atomic E-state index is 0.0311. The van der Waals surface area contributed by atoms with E-state index in [4.69, 9.17) is 9.47 Å². The average Bonchev–Trinajstić information content (AvgIpc) is 2.78. The summed E-state index contributed by atoms with van der Waals surface area (Å²) in [6, 6.07) is 25.2. The third-order valence-electron chi connectivity index (χ3n) is 4.88. The fourth-order valence-electron chi connectivity index (χ4n) is 3.27. The standard InChI is InChI=1S/C24H24N2O3/c27-24(18-14-16-28-17-15-18)26-20-12-10-19(11-13-20)25-22-8-4-5-9-23(22)29-21-6-2-1-3-7-21/h1-13,18,25H,14-17H2,(H,26,27). The summed E-state index contributed by atoms with van der Waals surface area (Å²) in [6.45, 7) is 1.32. The Hall–Kier alpha value is -3.31. The van der Waals surface area contributed by atoms with E-state index in [1.54, 1.807) is 0 Å². The van der Waals surface area contributed by atoms with Gasteiger partial charge in [0.15, 0.2) is 5.75 Å². The van der Waals surface area contributed by atoms with E-state index in [0.717, 1.165) is 41.4 Å². The predicted octanol–water partition coefficient (Wildman–Crippen LogP) is 5.59. The number of ether oxygens (including phenoxy) is 2. The zero-order valence-corrected chi connectivity index (χ0v) is 16.1. The van der Waals surface area contributed by atoms with Crippen LogP contribution in [0.15, 0.2) is 78.9 Å². The van der Waals surface area contributed by atoms with E-state index in [1.165, 1.54) is 0 Å². The summed E-state index contributed by atoms with van der Waals surface area (Å²) < 4.78 is 11.3. The highest BCUT2D eigenvalue weighted by Gasteiger charge is 2.21. The van der Waals surface area contributed by atoms with Gasteiger partial charge in [-0.15, -0.1) is 0 Å². The Bertz CT molecular complexity index is 936. The molecule has 0 bridgehead atoms. The first-order valence-corrected chi connectivity index (χ1v) is 9.85. The largest absolute Gasteiger partial charge is 0.455 e. The highest BCUT2D eigenvalue weighted by atomic mass is 16.5. The molecule has 5 heteroatoms. The molecule has 1 aliphatic heterocycles. The molecule has 1 amide bonds. The first-order valence-electron chi connectivity index (χ1n) is 9.85. The Labute approximate surface area is 170 Å². The van der Waals surface area contributed by atoms with Crippen molar-refractivity contribution in [1.29, 1.82) is 0 Å². The molecule has 5 nitrogen and oxygen atoms in total. The van der Waals surface area contributed by atoms with E-state index < -0.39 is 0 Å². The van der Waals surface area contributed by atoms with Crippen molar-refractivity contribution >= 4 is 23.0 Å². The van der Waals surface area contributed by atoms with E-state index in [1.807, 2.05) is 78.9 Å². The number of para-hydroxylation sites is 3. The maximum absolute atomic E-state index is 12.4. The number of hydrogen-bond acceptors (Lipinski definition) is 4. The Morgan fingerprint density at radius 2 is 1.48 bits per heavy atom. The van der Waals surface area contributed by atoms with Gasteiger partial charge < -0.3 is 20.1 Å². The Kier molecular flexibility index (Phi) is 6.07. The number of rotatable bonds is 6. The van der Waals surface area contributed by atoms with Gasteiger partial charge in [-0.2, -0.15) is 0 Å². The summed E-state index contributed by atoms with van der Waals surface area (Å²) in [5.41, 5.74) is 2.58. The van der Waals surface area contributed by atoms with Gasteiger partial charge in [0.2, 0.25) is 5.91 Å². The molecule has 3 aromatic carbocycles. The Morgan fingerprint density at radius 3 is 2.24 bits per heavy atom. The van der Waals surface area contributed by atoms with Crippen LogP contribution in [-0.2, 0) is 9.53 Å². The normalized spacial score (nSPS) is 14.2.